The molecular formula is C25H16BrNO5. The minimum Gasteiger partial charge on any atom is -0.454 e. The van der Waals surface area contributed by atoms with Crippen LogP contribution in [0.2, 0.25) is 0 Å². The van der Waals surface area contributed by atoms with Gasteiger partial charge in [0.25, 0.3) is 5.91 Å². The Hall–Kier alpha value is -3.58. The summed E-state index contributed by atoms with van der Waals surface area (Å²) in [5.74, 6) is 1.11. The van der Waals surface area contributed by atoms with Crippen LogP contribution in [0.4, 0.5) is 0 Å². The highest BCUT2D eigenvalue weighted by Gasteiger charge is 2.42. The molecule has 1 unspecified atom stereocenters. The fraction of sp³-hybridized carbons (Fsp3) is 0.120. The molecule has 3 heterocycles. The largest absolute Gasteiger partial charge is 0.454 e. The molecule has 1 aromatic heterocycles. The highest BCUT2D eigenvalue weighted by Crippen LogP contribution is 2.40. The zero-order valence-electron chi connectivity index (χ0n) is 16.7. The van der Waals surface area contributed by atoms with Gasteiger partial charge in [0.05, 0.1) is 17.0 Å². The summed E-state index contributed by atoms with van der Waals surface area (Å²) in [6.45, 7) is 0.471. The monoisotopic (exact) mass is 489 g/mol. The number of benzene rings is 3. The van der Waals surface area contributed by atoms with Crippen LogP contribution >= 0.6 is 15.9 Å². The lowest BCUT2D eigenvalue weighted by Gasteiger charge is -2.25. The molecule has 0 saturated heterocycles. The molecule has 0 radical (unpaired) electrons. The maximum Gasteiger partial charge on any atom is 0.291 e. The van der Waals surface area contributed by atoms with Gasteiger partial charge in [-0.2, -0.15) is 0 Å². The van der Waals surface area contributed by atoms with Crippen LogP contribution < -0.4 is 14.9 Å². The third-order valence-electron chi connectivity index (χ3n) is 5.83. The summed E-state index contributed by atoms with van der Waals surface area (Å²) in [5, 5.41) is 0.441. The van der Waals surface area contributed by atoms with Gasteiger partial charge in [0, 0.05) is 11.0 Å². The molecule has 0 bridgehead atoms. The number of carbonyl (C=O) groups is 1. The first-order valence-electron chi connectivity index (χ1n) is 10.1. The molecule has 6 rings (SSSR count). The summed E-state index contributed by atoms with van der Waals surface area (Å²) in [4.78, 5) is 28.7. The van der Waals surface area contributed by atoms with Gasteiger partial charge in [-0.1, -0.05) is 52.3 Å². The molecule has 158 valence electrons. The number of nitrogens with zero attached hydrogens (tertiary/aromatic N) is 1. The Morgan fingerprint density at radius 2 is 1.75 bits per heavy atom. The van der Waals surface area contributed by atoms with Crippen molar-refractivity contribution in [3.8, 4) is 11.5 Å². The SMILES string of the molecule is O=C1c2oc3ccc(Br)cc3c(=O)c2C(c2ccccc2)N1Cc1ccc2c(c1)OCO2. The van der Waals surface area contributed by atoms with Gasteiger partial charge in [-0.3, -0.25) is 9.59 Å². The molecule has 0 N–H and O–H groups in total. The van der Waals surface area contributed by atoms with E-state index in [4.69, 9.17) is 13.9 Å². The Morgan fingerprint density at radius 3 is 2.59 bits per heavy atom. The van der Waals surface area contributed by atoms with Gasteiger partial charge in [0.15, 0.2) is 16.9 Å². The number of hydrogen-bond acceptors (Lipinski definition) is 5. The molecule has 2 aliphatic rings. The molecule has 0 saturated carbocycles. The van der Waals surface area contributed by atoms with Gasteiger partial charge in [-0.15, -0.1) is 0 Å². The zero-order chi connectivity index (χ0) is 21.8. The van der Waals surface area contributed by atoms with Crippen LogP contribution in [-0.2, 0) is 6.54 Å². The summed E-state index contributed by atoms with van der Waals surface area (Å²) in [6, 6.07) is 19.8. The summed E-state index contributed by atoms with van der Waals surface area (Å²) >= 11 is 3.42. The van der Waals surface area contributed by atoms with Crippen molar-refractivity contribution in [1.29, 1.82) is 0 Å². The molecule has 1 atom stereocenters. The van der Waals surface area contributed by atoms with Gasteiger partial charge >= 0.3 is 0 Å². The number of halogens is 1. The van der Waals surface area contributed by atoms with E-state index in [2.05, 4.69) is 15.9 Å². The second kappa shape index (κ2) is 7.24. The van der Waals surface area contributed by atoms with E-state index in [-0.39, 0.29) is 23.9 Å². The maximum atomic E-state index is 13.6. The molecule has 6 nitrogen and oxygen atoms in total. The number of rotatable bonds is 3. The lowest BCUT2D eigenvalue weighted by molar-refractivity contribution is 0.0714. The smallest absolute Gasteiger partial charge is 0.291 e. The average molecular weight is 490 g/mol. The molecule has 1 amide bonds. The highest BCUT2D eigenvalue weighted by atomic mass is 79.9. The number of carbonyl (C=O) groups excluding carboxylic acids is 1. The van der Waals surface area contributed by atoms with Crippen LogP contribution in [0.25, 0.3) is 11.0 Å². The van der Waals surface area contributed by atoms with Crippen molar-refractivity contribution in [3.05, 3.63) is 104 Å². The second-order valence-corrected chi connectivity index (χ2v) is 8.66. The van der Waals surface area contributed by atoms with E-state index < -0.39 is 6.04 Å². The van der Waals surface area contributed by atoms with Crippen molar-refractivity contribution < 1.29 is 18.7 Å². The van der Waals surface area contributed by atoms with Crippen LogP contribution in [0.5, 0.6) is 11.5 Å². The Balaban J connectivity index is 1.52. The summed E-state index contributed by atoms with van der Waals surface area (Å²) < 4.78 is 17.6. The first kappa shape index (κ1) is 19.1. The topological polar surface area (TPSA) is 69.0 Å². The van der Waals surface area contributed by atoms with Crippen molar-refractivity contribution >= 4 is 32.8 Å². The Bertz CT molecular complexity index is 1450. The minimum absolute atomic E-state index is 0.0967. The Labute approximate surface area is 191 Å². The van der Waals surface area contributed by atoms with Crippen LogP contribution in [-0.4, -0.2) is 17.6 Å². The average Bonchev–Trinajstić information content (AvgIpc) is 3.38. The molecule has 2 aliphatic heterocycles. The van der Waals surface area contributed by atoms with Crippen molar-refractivity contribution in [2.45, 2.75) is 12.6 Å². The van der Waals surface area contributed by atoms with E-state index in [0.717, 1.165) is 15.6 Å². The predicted molar refractivity (Wildman–Crippen MR) is 121 cm³/mol. The number of fused-ring (bicyclic) bond motifs is 3. The molecular weight excluding hydrogens is 474 g/mol. The van der Waals surface area contributed by atoms with Crippen molar-refractivity contribution in [3.63, 3.8) is 0 Å². The van der Waals surface area contributed by atoms with Gasteiger partial charge in [0.1, 0.15) is 5.58 Å². The quantitative estimate of drug-likeness (QED) is 0.403. The summed E-state index contributed by atoms with van der Waals surface area (Å²) in [6.07, 6.45) is 0. The number of amides is 1. The normalized spacial score (nSPS) is 16.6. The fourth-order valence-electron chi connectivity index (χ4n) is 4.37. The van der Waals surface area contributed by atoms with Crippen LogP contribution in [0.3, 0.4) is 0 Å². The van der Waals surface area contributed by atoms with Crippen LogP contribution in [0.15, 0.2) is 80.4 Å². The molecule has 0 aliphatic carbocycles. The summed E-state index contributed by atoms with van der Waals surface area (Å²) in [5.41, 5.74) is 2.28. The fourth-order valence-corrected chi connectivity index (χ4v) is 4.73. The van der Waals surface area contributed by atoms with E-state index in [0.29, 0.717) is 34.6 Å². The second-order valence-electron chi connectivity index (χ2n) is 7.75. The molecule has 0 fully saturated rings. The molecule has 7 heteroatoms. The predicted octanol–water partition coefficient (Wildman–Crippen LogP) is 5.03. The van der Waals surface area contributed by atoms with E-state index in [9.17, 15) is 9.59 Å². The molecule has 0 spiro atoms. The first-order chi connectivity index (χ1) is 15.6. The van der Waals surface area contributed by atoms with Crippen molar-refractivity contribution in [2.24, 2.45) is 0 Å². The van der Waals surface area contributed by atoms with E-state index >= 15 is 0 Å². The van der Waals surface area contributed by atoms with Crippen molar-refractivity contribution in [2.75, 3.05) is 6.79 Å². The number of ether oxygens (including phenoxy) is 2. The van der Waals surface area contributed by atoms with Crippen molar-refractivity contribution in [1.82, 2.24) is 4.90 Å². The minimum atomic E-state index is -0.552. The lowest BCUT2D eigenvalue weighted by atomic mass is 9.98. The molecule has 3 aromatic carbocycles. The van der Waals surface area contributed by atoms with Crippen LogP contribution in [0, 0.1) is 0 Å². The molecule has 32 heavy (non-hydrogen) atoms. The first-order valence-corrected chi connectivity index (χ1v) is 10.9. The van der Waals surface area contributed by atoms with E-state index in [1.807, 2.05) is 48.5 Å². The lowest BCUT2D eigenvalue weighted by Crippen LogP contribution is -2.29. The van der Waals surface area contributed by atoms with E-state index in [1.54, 1.807) is 23.1 Å². The third kappa shape index (κ3) is 2.92. The zero-order valence-corrected chi connectivity index (χ0v) is 18.3. The standard InChI is InChI=1S/C25H16BrNO5/c26-16-7-9-18-17(11-16)23(28)21-22(15-4-2-1-3-5-15)27(25(29)24(21)32-18)12-14-6-8-19-20(10-14)31-13-30-19/h1-11,22H,12-13H2. The van der Waals surface area contributed by atoms with Gasteiger partial charge in [0.2, 0.25) is 12.6 Å². The number of hydrogen-bond donors (Lipinski definition) is 0. The van der Waals surface area contributed by atoms with Gasteiger partial charge < -0.3 is 18.8 Å². The summed E-state index contributed by atoms with van der Waals surface area (Å²) in [7, 11) is 0. The van der Waals surface area contributed by atoms with Gasteiger partial charge in [-0.25, -0.2) is 0 Å². The van der Waals surface area contributed by atoms with E-state index in [1.165, 1.54) is 0 Å². The Morgan fingerprint density at radius 1 is 0.938 bits per heavy atom. The molecule has 4 aromatic rings. The Kier molecular flexibility index (Phi) is 4.33. The highest BCUT2D eigenvalue weighted by molar-refractivity contribution is 9.10. The van der Waals surface area contributed by atoms with Gasteiger partial charge in [-0.05, 0) is 41.5 Å². The maximum absolute atomic E-state index is 13.6. The van der Waals surface area contributed by atoms with Crippen LogP contribution in [0.1, 0.15) is 33.3 Å². The third-order valence-corrected chi connectivity index (χ3v) is 6.33.